The van der Waals surface area contributed by atoms with Gasteiger partial charge in [0.1, 0.15) is 33.5 Å². The van der Waals surface area contributed by atoms with E-state index in [9.17, 15) is 0 Å². The first kappa shape index (κ1) is 38.2. The van der Waals surface area contributed by atoms with Gasteiger partial charge in [0.15, 0.2) is 0 Å². The molecular formula is C64H39NO3. The average molecular weight is 870 g/mol. The molecule has 0 saturated heterocycles. The summed E-state index contributed by atoms with van der Waals surface area (Å²) in [6, 6.07) is 84.0. The number of para-hydroxylation sites is 3. The predicted octanol–water partition coefficient (Wildman–Crippen LogP) is 18.7. The Bertz CT molecular complexity index is 4090. The molecule has 0 unspecified atom stereocenters. The van der Waals surface area contributed by atoms with Crippen molar-refractivity contribution in [3.63, 3.8) is 0 Å². The molecule has 0 saturated carbocycles. The largest absolute Gasteiger partial charge is 0.456 e. The number of hydrogen-bond acceptors (Lipinski definition) is 4. The van der Waals surface area contributed by atoms with Gasteiger partial charge in [-0.3, -0.25) is 0 Å². The van der Waals surface area contributed by atoms with Gasteiger partial charge in [-0.05, 0) is 128 Å². The molecule has 14 rings (SSSR count). The second-order valence-corrected chi connectivity index (χ2v) is 17.5. The summed E-state index contributed by atoms with van der Waals surface area (Å²) in [5.41, 5.74) is 17.8. The van der Waals surface area contributed by atoms with E-state index in [2.05, 4.69) is 205 Å². The third-order valence-corrected chi connectivity index (χ3v) is 13.7. The molecule has 3 heterocycles. The van der Waals surface area contributed by atoms with Crippen molar-refractivity contribution in [2.45, 2.75) is 0 Å². The number of benzene rings is 11. The minimum absolute atomic E-state index is 0.889. The highest BCUT2D eigenvalue weighted by Crippen LogP contribution is 2.45. The van der Waals surface area contributed by atoms with Crippen LogP contribution >= 0.6 is 0 Å². The Hall–Kier alpha value is -9.12. The maximum Gasteiger partial charge on any atom is 0.136 e. The summed E-state index contributed by atoms with van der Waals surface area (Å²) in [7, 11) is 0. The van der Waals surface area contributed by atoms with Gasteiger partial charge in [-0.25, -0.2) is 0 Å². The molecule has 0 atom stereocenters. The molecule has 3 aromatic heterocycles. The molecule has 318 valence electrons. The molecule has 0 aliphatic heterocycles. The summed E-state index contributed by atoms with van der Waals surface area (Å²) >= 11 is 0. The Morgan fingerprint density at radius 1 is 0.206 bits per heavy atom. The molecule has 0 radical (unpaired) electrons. The van der Waals surface area contributed by atoms with Gasteiger partial charge in [0.05, 0.1) is 0 Å². The van der Waals surface area contributed by atoms with E-state index in [0.717, 1.165) is 111 Å². The van der Waals surface area contributed by atoms with Crippen LogP contribution in [0.4, 0.5) is 17.1 Å². The maximum absolute atomic E-state index is 6.31. The number of anilines is 3. The topological polar surface area (TPSA) is 42.7 Å². The van der Waals surface area contributed by atoms with Crippen LogP contribution in [0.25, 0.3) is 121 Å². The van der Waals surface area contributed by atoms with E-state index < -0.39 is 0 Å². The van der Waals surface area contributed by atoms with Crippen LogP contribution in [0, 0.1) is 0 Å². The highest BCUT2D eigenvalue weighted by atomic mass is 16.3. The summed E-state index contributed by atoms with van der Waals surface area (Å²) in [5, 5.41) is 9.18. The number of rotatable bonds is 7. The lowest BCUT2D eigenvalue weighted by molar-refractivity contribution is 0.668. The fourth-order valence-corrected chi connectivity index (χ4v) is 10.6. The van der Waals surface area contributed by atoms with Crippen molar-refractivity contribution in [3.05, 3.63) is 237 Å². The quantitative estimate of drug-likeness (QED) is 0.160. The van der Waals surface area contributed by atoms with Crippen LogP contribution in [0.2, 0.25) is 0 Å². The average Bonchev–Trinajstić information content (AvgIpc) is 4.11. The maximum atomic E-state index is 6.31. The van der Waals surface area contributed by atoms with Gasteiger partial charge in [-0.2, -0.15) is 0 Å². The van der Waals surface area contributed by atoms with Gasteiger partial charge in [0.25, 0.3) is 0 Å². The van der Waals surface area contributed by atoms with E-state index in [1.807, 2.05) is 36.4 Å². The van der Waals surface area contributed by atoms with Crippen LogP contribution in [0.1, 0.15) is 0 Å². The van der Waals surface area contributed by atoms with Crippen molar-refractivity contribution in [2.24, 2.45) is 0 Å². The van der Waals surface area contributed by atoms with Gasteiger partial charge < -0.3 is 18.2 Å². The lowest BCUT2D eigenvalue weighted by atomic mass is 9.90. The van der Waals surface area contributed by atoms with Crippen LogP contribution in [0.5, 0.6) is 0 Å². The SMILES string of the molecule is c1ccc2c(c1)oc1cccc(-c3ccc(N(c4ccc(-c5ccc(-c6cccc7oc8ccccc8c67)c6ccccc56)cc4)c4ccc(-c5cccc6oc7ccccc7c56)cc4)cc3)c12. The lowest BCUT2D eigenvalue weighted by Gasteiger charge is -2.26. The van der Waals surface area contributed by atoms with Crippen molar-refractivity contribution in [2.75, 3.05) is 4.90 Å². The van der Waals surface area contributed by atoms with Crippen LogP contribution < -0.4 is 4.90 Å². The van der Waals surface area contributed by atoms with Gasteiger partial charge in [-0.1, -0.05) is 164 Å². The second-order valence-electron chi connectivity index (χ2n) is 17.5. The Balaban J connectivity index is 0.873. The Morgan fingerprint density at radius 3 is 0.941 bits per heavy atom. The Labute approximate surface area is 391 Å². The minimum Gasteiger partial charge on any atom is -0.456 e. The third kappa shape index (κ3) is 6.01. The number of hydrogen-bond donors (Lipinski definition) is 0. The molecule has 68 heavy (non-hydrogen) atoms. The van der Waals surface area contributed by atoms with Gasteiger partial charge in [-0.15, -0.1) is 0 Å². The zero-order valence-corrected chi connectivity index (χ0v) is 36.7. The standard InChI is InChI=1S/C64H39NO3/c1-2-13-50-49(12-1)46(38-39-51(50)52-19-11-25-61-64(52)55-16-5-8-22-58(55)68-61)40-26-32-43(33-27-40)65(44-34-28-41(29-35-44)47-17-9-23-59-62(47)53-14-3-6-20-56(53)66-59)45-36-30-42(31-37-45)48-18-10-24-60-63(48)54-15-4-7-21-57(54)67-60/h1-39H. The highest BCUT2D eigenvalue weighted by Gasteiger charge is 2.19. The fourth-order valence-electron chi connectivity index (χ4n) is 10.6. The van der Waals surface area contributed by atoms with Gasteiger partial charge >= 0.3 is 0 Å². The van der Waals surface area contributed by atoms with Gasteiger partial charge in [0, 0.05) is 49.4 Å². The first-order valence-corrected chi connectivity index (χ1v) is 23.1. The van der Waals surface area contributed by atoms with E-state index >= 15 is 0 Å². The first-order chi connectivity index (χ1) is 33.7. The van der Waals surface area contributed by atoms with Crippen LogP contribution in [-0.2, 0) is 0 Å². The van der Waals surface area contributed by atoms with Crippen molar-refractivity contribution in [1.29, 1.82) is 0 Å². The summed E-state index contributed by atoms with van der Waals surface area (Å²) in [5.74, 6) is 0. The van der Waals surface area contributed by atoms with Crippen molar-refractivity contribution >= 4 is 93.7 Å². The molecule has 11 aromatic carbocycles. The van der Waals surface area contributed by atoms with E-state index in [1.165, 1.54) is 27.5 Å². The molecule has 0 aliphatic rings. The van der Waals surface area contributed by atoms with Crippen LogP contribution in [0.15, 0.2) is 250 Å². The molecule has 14 aromatic rings. The molecule has 0 amide bonds. The molecule has 4 heteroatoms. The summed E-state index contributed by atoms with van der Waals surface area (Å²) in [6.45, 7) is 0. The zero-order chi connectivity index (χ0) is 44.7. The lowest BCUT2D eigenvalue weighted by Crippen LogP contribution is -2.09. The second kappa shape index (κ2) is 15.2. The highest BCUT2D eigenvalue weighted by molar-refractivity contribution is 6.17. The van der Waals surface area contributed by atoms with Crippen LogP contribution in [-0.4, -0.2) is 0 Å². The van der Waals surface area contributed by atoms with E-state index in [0.29, 0.717) is 0 Å². The molecule has 0 N–H and O–H groups in total. The molecular weight excluding hydrogens is 831 g/mol. The van der Waals surface area contributed by atoms with E-state index in [-0.39, 0.29) is 0 Å². The van der Waals surface area contributed by atoms with Crippen LogP contribution in [0.3, 0.4) is 0 Å². The molecule has 0 bridgehead atoms. The fraction of sp³-hybridized carbons (Fsp3) is 0. The Kier molecular flexibility index (Phi) is 8.55. The molecule has 0 spiro atoms. The third-order valence-electron chi connectivity index (χ3n) is 13.7. The summed E-state index contributed by atoms with van der Waals surface area (Å²) < 4.78 is 18.9. The van der Waals surface area contributed by atoms with Crippen molar-refractivity contribution < 1.29 is 13.3 Å². The van der Waals surface area contributed by atoms with E-state index in [4.69, 9.17) is 13.3 Å². The van der Waals surface area contributed by atoms with Crippen molar-refractivity contribution in [1.82, 2.24) is 0 Å². The number of fused-ring (bicyclic) bond motifs is 10. The minimum atomic E-state index is 0.889. The zero-order valence-electron chi connectivity index (χ0n) is 36.7. The van der Waals surface area contributed by atoms with Crippen molar-refractivity contribution in [3.8, 4) is 44.5 Å². The smallest absolute Gasteiger partial charge is 0.136 e. The number of nitrogens with zero attached hydrogens (tertiary/aromatic N) is 1. The normalized spacial score (nSPS) is 11.8. The molecule has 0 fully saturated rings. The first-order valence-electron chi connectivity index (χ1n) is 23.1. The summed E-state index contributed by atoms with van der Waals surface area (Å²) in [4.78, 5) is 2.34. The monoisotopic (exact) mass is 869 g/mol. The summed E-state index contributed by atoms with van der Waals surface area (Å²) in [6.07, 6.45) is 0. The van der Waals surface area contributed by atoms with Gasteiger partial charge in [0.2, 0.25) is 0 Å². The molecule has 4 nitrogen and oxygen atoms in total. The molecule has 0 aliphatic carbocycles. The number of furan rings is 3. The predicted molar refractivity (Wildman–Crippen MR) is 282 cm³/mol. The van der Waals surface area contributed by atoms with E-state index in [1.54, 1.807) is 0 Å². The Morgan fingerprint density at radius 2 is 0.515 bits per heavy atom.